The van der Waals surface area contributed by atoms with Gasteiger partial charge in [-0.3, -0.25) is 0 Å². The van der Waals surface area contributed by atoms with E-state index >= 15 is 0 Å². The predicted molar refractivity (Wildman–Crippen MR) is 92.6 cm³/mol. The zero-order valence-corrected chi connectivity index (χ0v) is 13.6. The second-order valence-corrected chi connectivity index (χ2v) is 6.03. The monoisotopic (exact) mass is 327 g/mol. The van der Waals surface area contributed by atoms with Crippen LogP contribution in [0.2, 0.25) is 0 Å². The molecule has 0 aliphatic carbocycles. The van der Waals surface area contributed by atoms with Crippen molar-refractivity contribution in [1.29, 1.82) is 0 Å². The Morgan fingerprint density at radius 3 is 2.12 bits per heavy atom. The van der Waals surface area contributed by atoms with Crippen LogP contribution in [0.4, 0.5) is 17.8 Å². The number of hydrogen-bond acceptors (Lipinski definition) is 8. The highest BCUT2D eigenvalue weighted by atomic mass is 16.3. The Morgan fingerprint density at radius 1 is 0.958 bits per heavy atom. The van der Waals surface area contributed by atoms with Gasteiger partial charge in [0.2, 0.25) is 17.8 Å². The van der Waals surface area contributed by atoms with Gasteiger partial charge in [0.15, 0.2) is 0 Å². The normalized spacial score (nSPS) is 18.0. The molecule has 0 bridgehead atoms. The summed E-state index contributed by atoms with van der Waals surface area (Å²) < 4.78 is 5.22. The van der Waals surface area contributed by atoms with Crippen molar-refractivity contribution in [1.82, 2.24) is 15.0 Å². The Hall–Kier alpha value is -2.64. The number of rotatable bonds is 5. The average Bonchev–Trinajstić information content (AvgIpc) is 3.35. The zero-order chi connectivity index (χ0) is 16.2. The summed E-state index contributed by atoms with van der Waals surface area (Å²) in [6.07, 6.45) is 7.96. The van der Waals surface area contributed by atoms with Crippen LogP contribution in [0.1, 0.15) is 31.4 Å². The van der Waals surface area contributed by atoms with Gasteiger partial charge in [-0.2, -0.15) is 20.1 Å². The molecule has 0 atom stereocenters. The lowest BCUT2D eigenvalue weighted by Gasteiger charge is -2.20. The van der Waals surface area contributed by atoms with E-state index in [1.165, 1.54) is 25.7 Å². The minimum atomic E-state index is 0.469. The Kier molecular flexibility index (Phi) is 4.26. The molecule has 2 saturated heterocycles. The third-order valence-electron chi connectivity index (χ3n) is 4.29. The maximum absolute atomic E-state index is 5.22. The molecule has 126 valence electrons. The maximum atomic E-state index is 5.22. The van der Waals surface area contributed by atoms with Crippen LogP contribution in [0.5, 0.6) is 0 Å². The molecular weight excluding hydrogens is 306 g/mol. The maximum Gasteiger partial charge on any atom is 0.250 e. The van der Waals surface area contributed by atoms with Crippen molar-refractivity contribution in [3.8, 4) is 0 Å². The minimum absolute atomic E-state index is 0.469. The van der Waals surface area contributed by atoms with E-state index in [4.69, 9.17) is 4.42 Å². The topological polar surface area (TPSA) is 82.7 Å². The number of hydrogen-bond donors (Lipinski definition) is 1. The Labute approximate surface area is 140 Å². The van der Waals surface area contributed by atoms with E-state index in [0.717, 1.165) is 38.1 Å². The first-order valence-electron chi connectivity index (χ1n) is 8.47. The van der Waals surface area contributed by atoms with Crippen LogP contribution in [0.3, 0.4) is 0 Å². The van der Waals surface area contributed by atoms with E-state index in [1.807, 2.05) is 12.1 Å². The lowest BCUT2D eigenvalue weighted by Crippen LogP contribution is -2.25. The van der Waals surface area contributed by atoms with E-state index in [2.05, 4.69) is 35.3 Å². The molecule has 0 amide bonds. The Balaban J connectivity index is 1.56. The second-order valence-electron chi connectivity index (χ2n) is 6.03. The van der Waals surface area contributed by atoms with Crippen LogP contribution in [-0.2, 0) is 0 Å². The summed E-state index contributed by atoms with van der Waals surface area (Å²) in [6.45, 7) is 3.99. The molecule has 0 unspecified atom stereocenters. The summed E-state index contributed by atoms with van der Waals surface area (Å²) >= 11 is 0. The molecule has 8 heteroatoms. The molecule has 2 aromatic rings. The second kappa shape index (κ2) is 6.86. The van der Waals surface area contributed by atoms with E-state index < -0.39 is 0 Å². The van der Waals surface area contributed by atoms with Gasteiger partial charge in [-0.05, 0) is 37.8 Å². The molecule has 8 nitrogen and oxygen atoms in total. The molecule has 4 rings (SSSR count). The van der Waals surface area contributed by atoms with Gasteiger partial charge in [0.25, 0.3) is 0 Å². The summed E-state index contributed by atoms with van der Waals surface area (Å²) in [6, 6.07) is 3.66. The zero-order valence-electron chi connectivity index (χ0n) is 13.6. The van der Waals surface area contributed by atoms with E-state index in [1.54, 1.807) is 12.5 Å². The van der Waals surface area contributed by atoms with Crippen LogP contribution in [0, 0.1) is 0 Å². The fourth-order valence-electron chi connectivity index (χ4n) is 3.04. The van der Waals surface area contributed by atoms with Crippen molar-refractivity contribution in [2.45, 2.75) is 25.7 Å². The van der Waals surface area contributed by atoms with E-state index in [-0.39, 0.29) is 0 Å². The quantitative estimate of drug-likeness (QED) is 0.665. The van der Waals surface area contributed by atoms with Crippen LogP contribution in [-0.4, -0.2) is 47.3 Å². The first-order valence-corrected chi connectivity index (χ1v) is 8.47. The summed E-state index contributed by atoms with van der Waals surface area (Å²) in [5, 5.41) is 4.16. The molecule has 4 heterocycles. The lowest BCUT2D eigenvalue weighted by molar-refractivity contribution is 0.560. The highest BCUT2D eigenvalue weighted by molar-refractivity contribution is 5.76. The van der Waals surface area contributed by atoms with Gasteiger partial charge < -0.3 is 14.2 Å². The van der Waals surface area contributed by atoms with Gasteiger partial charge in [-0.15, -0.1) is 0 Å². The molecule has 24 heavy (non-hydrogen) atoms. The molecule has 2 aliphatic rings. The number of aromatic nitrogens is 3. The third kappa shape index (κ3) is 3.32. The highest BCUT2D eigenvalue weighted by Crippen LogP contribution is 2.22. The highest BCUT2D eigenvalue weighted by Gasteiger charge is 2.21. The van der Waals surface area contributed by atoms with Gasteiger partial charge in [0.1, 0.15) is 5.76 Å². The largest absolute Gasteiger partial charge is 0.463 e. The molecule has 0 aromatic carbocycles. The first-order chi connectivity index (χ1) is 11.9. The Morgan fingerprint density at radius 2 is 1.58 bits per heavy atom. The molecule has 0 radical (unpaired) electrons. The fourth-order valence-corrected chi connectivity index (χ4v) is 3.04. The summed E-state index contributed by atoms with van der Waals surface area (Å²) in [7, 11) is 0. The lowest BCUT2D eigenvalue weighted by atomic mass is 10.4. The van der Waals surface area contributed by atoms with Crippen molar-refractivity contribution in [3.63, 3.8) is 0 Å². The number of nitrogens with one attached hydrogen (secondary N) is 1. The average molecular weight is 327 g/mol. The van der Waals surface area contributed by atoms with Gasteiger partial charge in [-0.25, -0.2) is 5.43 Å². The predicted octanol–water partition coefficient (Wildman–Crippen LogP) is 2.11. The molecule has 0 spiro atoms. The van der Waals surface area contributed by atoms with Gasteiger partial charge in [0, 0.05) is 26.2 Å². The van der Waals surface area contributed by atoms with Crippen molar-refractivity contribution < 1.29 is 4.42 Å². The third-order valence-corrected chi connectivity index (χ3v) is 4.29. The number of hydrazone groups is 1. The summed E-state index contributed by atoms with van der Waals surface area (Å²) in [5.74, 6) is 2.62. The summed E-state index contributed by atoms with van der Waals surface area (Å²) in [5.41, 5.74) is 2.90. The van der Waals surface area contributed by atoms with Crippen molar-refractivity contribution in [3.05, 3.63) is 24.2 Å². The van der Waals surface area contributed by atoms with E-state index in [9.17, 15) is 0 Å². The van der Waals surface area contributed by atoms with Crippen molar-refractivity contribution in [2.24, 2.45) is 5.10 Å². The molecule has 2 aromatic heterocycles. The van der Waals surface area contributed by atoms with Gasteiger partial charge in [-0.1, -0.05) is 0 Å². The van der Waals surface area contributed by atoms with Crippen molar-refractivity contribution >= 4 is 24.1 Å². The molecular formula is C16H21N7O. The number of furan rings is 1. The van der Waals surface area contributed by atoms with Crippen LogP contribution in [0.25, 0.3) is 0 Å². The van der Waals surface area contributed by atoms with E-state index in [0.29, 0.717) is 11.7 Å². The number of nitrogens with zero attached hydrogens (tertiary/aromatic N) is 6. The SMILES string of the molecule is C(=NNc1nc(N2CCCC2)nc(N2CCCC2)n1)c1ccco1. The first kappa shape index (κ1) is 14.9. The molecule has 2 fully saturated rings. The smallest absolute Gasteiger partial charge is 0.250 e. The van der Waals surface area contributed by atoms with Crippen molar-refractivity contribution in [2.75, 3.05) is 41.4 Å². The fraction of sp³-hybridized carbons (Fsp3) is 0.500. The van der Waals surface area contributed by atoms with Gasteiger partial charge >= 0.3 is 0 Å². The molecule has 0 saturated carbocycles. The van der Waals surface area contributed by atoms with Crippen LogP contribution >= 0.6 is 0 Å². The standard InChI is InChI=1S/C16H21N7O/c1-2-8-22(7-1)15-18-14(21-17-12-13-6-5-11-24-13)19-16(20-15)23-9-3-4-10-23/h5-6,11-12H,1-4,7-10H2,(H,18,19,20,21). The number of anilines is 3. The summed E-state index contributed by atoms with van der Waals surface area (Å²) in [4.78, 5) is 18.2. The van der Waals surface area contributed by atoms with Crippen LogP contribution < -0.4 is 15.2 Å². The molecule has 2 aliphatic heterocycles. The molecule has 1 N–H and O–H groups in total. The minimum Gasteiger partial charge on any atom is -0.463 e. The van der Waals surface area contributed by atoms with Crippen LogP contribution in [0.15, 0.2) is 27.9 Å². The Bertz CT molecular complexity index is 654. The van der Waals surface area contributed by atoms with Gasteiger partial charge in [0.05, 0.1) is 12.5 Å².